The van der Waals surface area contributed by atoms with Gasteiger partial charge < -0.3 is 0 Å². The summed E-state index contributed by atoms with van der Waals surface area (Å²) in [6.45, 7) is 0. The molecule has 0 bridgehead atoms. The zero-order chi connectivity index (χ0) is 8.55. The van der Waals surface area contributed by atoms with Gasteiger partial charge in [-0.15, -0.1) is 11.3 Å². The average Bonchev–Trinajstić information content (AvgIpc) is 2.46. The molecule has 2 aromatic rings. The van der Waals surface area contributed by atoms with Gasteiger partial charge in [0.25, 0.3) is 0 Å². The maximum atomic E-state index is 10.9. The van der Waals surface area contributed by atoms with Crippen molar-refractivity contribution >= 4 is 32.5 Å². The largest absolute Gasteiger partial charge is 0.246 e. The first-order valence-electron chi connectivity index (χ1n) is 3.29. The van der Waals surface area contributed by atoms with Gasteiger partial charge in [0.2, 0.25) is 0 Å². The molecule has 1 aromatic heterocycles. The summed E-state index contributed by atoms with van der Waals surface area (Å²) in [7, 11) is -1.45. The third kappa shape index (κ3) is 1.26. The number of nitrogens with zero attached hydrogens (tertiary/aromatic N) is 1. The first-order chi connectivity index (χ1) is 5.77. The van der Waals surface area contributed by atoms with E-state index in [1.54, 1.807) is 0 Å². The smallest absolute Gasteiger partial charge is 0.197 e. The molecule has 62 valence electrons. The Morgan fingerprint density at radius 1 is 1.42 bits per heavy atom. The molecule has 2 N–H and O–H groups in total. The SMILES string of the molecule is NS(=O)c1nc2ccccc2s1. The zero-order valence-corrected chi connectivity index (χ0v) is 7.69. The van der Waals surface area contributed by atoms with Crippen LogP contribution in [0.5, 0.6) is 0 Å². The lowest BCUT2D eigenvalue weighted by atomic mass is 10.3. The van der Waals surface area contributed by atoms with Gasteiger partial charge in [0.1, 0.15) is 0 Å². The Morgan fingerprint density at radius 2 is 2.17 bits per heavy atom. The van der Waals surface area contributed by atoms with E-state index in [1.165, 1.54) is 11.3 Å². The normalized spacial score (nSPS) is 13.4. The summed E-state index contributed by atoms with van der Waals surface area (Å²) in [5.74, 6) is 0. The maximum absolute atomic E-state index is 10.9. The molecule has 1 aromatic carbocycles. The fraction of sp³-hybridized carbons (Fsp3) is 0. The van der Waals surface area contributed by atoms with Crippen LogP contribution in [0.3, 0.4) is 0 Å². The second kappa shape index (κ2) is 2.93. The van der Waals surface area contributed by atoms with Gasteiger partial charge in [-0.3, -0.25) is 0 Å². The Balaban J connectivity index is 2.70. The quantitative estimate of drug-likeness (QED) is 0.750. The summed E-state index contributed by atoms with van der Waals surface area (Å²) in [5, 5.41) is 5.20. The van der Waals surface area contributed by atoms with Crippen LogP contribution in [-0.2, 0) is 11.0 Å². The van der Waals surface area contributed by atoms with Gasteiger partial charge in [-0.05, 0) is 12.1 Å². The Kier molecular flexibility index (Phi) is 1.92. The van der Waals surface area contributed by atoms with Crippen molar-refractivity contribution in [3.05, 3.63) is 24.3 Å². The van der Waals surface area contributed by atoms with Crippen LogP contribution in [0.25, 0.3) is 10.2 Å². The average molecular weight is 198 g/mol. The number of hydrogen-bond acceptors (Lipinski definition) is 3. The van der Waals surface area contributed by atoms with Crippen molar-refractivity contribution in [2.75, 3.05) is 0 Å². The van der Waals surface area contributed by atoms with E-state index in [0.29, 0.717) is 4.34 Å². The minimum atomic E-state index is -1.45. The van der Waals surface area contributed by atoms with Crippen LogP contribution in [0.15, 0.2) is 28.6 Å². The Labute approximate surface area is 75.8 Å². The number of rotatable bonds is 1. The van der Waals surface area contributed by atoms with E-state index >= 15 is 0 Å². The molecule has 2 rings (SSSR count). The van der Waals surface area contributed by atoms with Crippen LogP contribution >= 0.6 is 11.3 Å². The summed E-state index contributed by atoms with van der Waals surface area (Å²) in [6, 6.07) is 7.63. The number of aromatic nitrogens is 1. The van der Waals surface area contributed by atoms with E-state index < -0.39 is 11.0 Å². The van der Waals surface area contributed by atoms with Crippen LogP contribution in [0.1, 0.15) is 0 Å². The third-order valence-electron chi connectivity index (χ3n) is 1.45. The van der Waals surface area contributed by atoms with Gasteiger partial charge in [-0.25, -0.2) is 14.3 Å². The highest BCUT2D eigenvalue weighted by molar-refractivity contribution is 7.85. The first kappa shape index (κ1) is 7.85. The second-order valence-corrected chi connectivity index (χ2v) is 4.52. The number of thiazole rings is 1. The number of hydrogen-bond donors (Lipinski definition) is 1. The van der Waals surface area contributed by atoms with E-state index in [1.807, 2.05) is 24.3 Å². The van der Waals surface area contributed by atoms with E-state index in [9.17, 15) is 4.21 Å². The highest BCUT2D eigenvalue weighted by atomic mass is 32.2. The first-order valence-corrected chi connectivity index (χ1v) is 5.32. The second-order valence-electron chi connectivity index (χ2n) is 2.24. The summed E-state index contributed by atoms with van der Waals surface area (Å²) >= 11 is 1.37. The number of fused-ring (bicyclic) bond motifs is 1. The van der Waals surface area contributed by atoms with Crippen molar-refractivity contribution in [1.82, 2.24) is 4.98 Å². The lowest BCUT2D eigenvalue weighted by Gasteiger charge is -1.81. The highest BCUT2D eigenvalue weighted by Gasteiger charge is 2.05. The molecule has 0 saturated carbocycles. The van der Waals surface area contributed by atoms with Gasteiger partial charge in [-0.1, -0.05) is 12.1 Å². The monoisotopic (exact) mass is 198 g/mol. The van der Waals surface area contributed by atoms with Crippen molar-refractivity contribution in [2.24, 2.45) is 5.14 Å². The Morgan fingerprint density at radius 3 is 2.83 bits per heavy atom. The van der Waals surface area contributed by atoms with Gasteiger partial charge >= 0.3 is 0 Å². The van der Waals surface area contributed by atoms with Crippen LogP contribution < -0.4 is 5.14 Å². The lowest BCUT2D eigenvalue weighted by Crippen LogP contribution is -2.01. The van der Waals surface area contributed by atoms with Crippen molar-refractivity contribution < 1.29 is 4.21 Å². The number of para-hydroxylation sites is 1. The zero-order valence-electron chi connectivity index (χ0n) is 6.06. The Bertz CT molecular complexity index is 405. The van der Waals surface area contributed by atoms with E-state index in [0.717, 1.165) is 10.2 Å². The molecular weight excluding hydrogens is 192 g/mol. The minimum absolute atomic E-state index is 0.483. The molecule has 0 spiro atoms. The summed E-state index contributed by atoms with van der Waals surface area (Å²) < 4.78 is 12.4. The van der Waals surface area contributed by atoms with Crippen molar-refractivity contribution in [2.45, 2.75) is 4.34 Å². The molecule has 1 atom stereocenters. The molecule has 0 fully saturated rings. The van der Waals surface area contributed by atoms with E-state index in [-0.39, 0.29) is 0 Å². The molecule has 0 saturated heterocycles. The van der Waals surface area contributed by atoms with Gasteiger partial charge in [-0.2, -0.15) is 0 Å². The fourth-order valence-corrected chi connectivity index (χ4v) is 2.42. The number of benzene rings is 1. The van der Waals surface area contributed by atoms with Crippen molar-refractivity contribution in [1.29, 1.82) is 0 Å². The summed E-state index contributed by atoms with van der Waals surface area (Å²) in [5.41, 5.74) is 0.858. The molecule has 0 amide bonds. The predicted octanol–water partition coefficient (Wildman–Crippen LogP) is 1.28. The topological polar surface area (TPSA) is 56.0 Å². The van der Waals surface area contributed by atoms with Crippen LogP contribution in [0.2, 0.25) is 0 Å². The molecule has 5 heteroatoms. The Hall–Kier alpha value is -0.780. The van der Waals surface area contributed by atoms with Gasteiger partial charge in [0.05, 0.1) is 10.2 Å². The predicted molar refractivity (Wildman–Crippen MR) is 50.2 cm³/mol. The molecule has 0 radical (unpaired) electrons. The highest BCUT2D eigenvalue weighted by Crippen LogP contribution is 2.22. The molecule has 1 unspecified atom stereocenters. The summed E-state index contributed by atoms with van der Waals surface area (Å²) in [6.07, 6.45) is 0. The van der Waals surface area contributed by atoms with Crippen molar-refractivity contribution in [3.63, 3.8) is 0 Å². The fourth-order valence-electron chi connectivity index (χ4n) is 0.937. The number of nitrogens with two attached hydrogens (primary N) is 1. The maximum Gasteiger partial charge on any atom is 0.197 e. The van der Waals surface area contributed by atoms with Gasteiger partial charge in [0, 0.05) is 0 Å². The van der Waals surface area contributed by atoms with E-state index in [4.69, 9.17) is 5.14 Å². The molecular formula is C7H6N2OS2. The molecule has 0 aliphatic rings. The third-order valence-corrected chi connectivity index (χ3v) is 3.46. The summed E-state index contributed by atoms with van der Waals surface area (Å²) in [4.78, 5) is 4.11. The standard InChI is InChI=1S/C7H6N2OS2/c8-12(10)7-9-5-3-1-2-4-6(5)11-7/h1-4H,8H2. The van der Waals surface area contributed by atoms with Gasteiger partial charge in [0.15, 0.2) is 15.3 Å². The molecule has 0 aliphatic carbocycles. The molecule has 0 aliphatic heterocycles. The van der Waals surface area contributed by atoms with Crippen LogP contribution in [-0.4, -0.2) is 9.19 Å². The minimum Gasteiger partial charge on any atom is -0.246 e. The van der Waals surface area contributed by atoms with Crippen molar-refractivity contribution in [3.8, 4) is 0 Å². The van der Waals surface area contributed by atoms with Crippen LogP contribution in [0.4, 0.5) is 0 Å². The van der Waals surface area contributed by atoms with Crippen LogP contribution in [0, 0.1) is 0 Å². The molecule has 3 nitrogen and oxygen atoms in total. The molecule has 1 heterocycles. The van der Waals surface area contributed by atoms with E-state index in [2.05, 4.69) is 4.98 Å². The molecule has 12 heavy (non-hydrogen) atoms. The lowest BCUT2D eigenvalue weighted by molar-refractivity contribution is 0.684.